The fourth-order valence-corrected chi connectivity index (χ4v) is 1.62. The largest absolute Gasteiger partial charge is 0.338 e. The summed E-state index contributed by atoms with van der Waals surface area (Å²) < 4.78 is 0. The average molecular weight is 256 g/mol. The summed E-state index contributed by atoms with van der Waals surface area (Å²) in [4.78, 5) is 19.7. The first kappa shape index (κ1) is 13.0. The van der Waals surface area contributed by atoms with Crippen molar-refractivity contribution >= 4 is 6.03 Å². The first-order valence-corrected chi connectivity index (χ1v) is 6.16. The van der Waals surface area contributed by atoms with Gasteiger partial charge in [0, 0.05) is 37.2 Å². The summed E-state index contributed by atoms with van der Waals surface area (Å²) in [6, 6.07) is 7.54. The maximum absolute atomic E-state index is 11.3. The first-order valence-electron chi connectivity index (χ1n) is 6.16. The number of nitrogens with one attached hydrogen (secondary N) is 2. The number of amides is 2. The van der Waals surface area contributed by atoms with Gasteiger partial charge in [-0.3, -0.25) is 9.97 Å². The Morgan fingerprint density at radius 3 is 2.74 bits per heavy atom. The number of rotatable bonds is 4. The third-order valence-electron chi connectivity index (χ3n) is 2.57. The summed E-state index contributed by atoms with van der Waals surface area (Å²) in [5.74, 6) is 0. The highest BCUT2D eigenvalue weighted by Gasteiger charge is 2.01. The molecule has 0 spiro atoms. The SMILES string of the molecule is CCNC(=O)NCc1ccc(-c2cccnc2)nc1. The Kier molecular flexibility index (Phi) is 4.44. The van der Waals surface area contributed by atoms with Crippen molar-refractivity contribution in [3.05, 3.63) is 48.4 Å². The van der Waals surface area contributed by atoms with Crippen LogP contribution >= 0.6 is 0 Å². The van der Waals surface area contributed by atoms with Crippen LogP contribution in [0.4, 0.5) is 4.79 Å². The molecule has 0 saturated heterocycles. The molecule has 0 bridgehead atoms. The molecule has 0 aliphatic heterocycles. The van der Waals surface area contributed by atoms with Crippen LogP contribution in [0.3, 0.4) is 0 Å². The Bertz CT molecular complexity index is 525. The summed E-state index contributed by atoms with van der Waals surface area (Å²) in [6.07, 6.45) is 5.26. The van der Waals surface area contributed by atoms with E-state index in [1.807, 2.05) is 31.2 Å². The normalized spacial score (nSPS) is 9.95. The third-order valence-corrected chi connectivity index (χ3v) is 2.57. The topological polar surface area (TPSA) is 66.9 Å². The number of hydrogen-bond donors (Lipinski definition) is 2. The van der Waals surface area contributed by atoms with E-state index < -0.39 is 0 Å². The molecule has 0 aliphatic rings. The summed E-state index contributed by atoms with van der Waals surface area (Å²) in [5, 5.41) is 5.43. The second-order valence-electron chi connectivity index (χ2n) is 4.01. The number of urea groups is 1. The number of carbonyl (C=O) groups excluding carboxylic acids is 1. The molecule has 0 aliphatic carbocycles. The minimum Gasteiger partial charge on any atom is -0.338 e. The lowest BCUT2D eigenvalue weighted by molar-refractivity contribution is 0.241. The molecule has 0 saturated carbocycles. The van der Waals surface area contributed by atoms with Gasteiger partial charge in [0.2, 0.25) is 0 Å². The third kappa shape index (κ3) is 3.77. The molecule has 0 atom stereocenters. The van der Waals surface area contributed by atoms with Crippen LogP contribution in [0.5, 0.6) is 0 Å². The van der Waals surface area contributed by atoms with Gasteiger partial charge in [-0.2, -0.15) is 0 Å². The van der Waals surface area contributed by atoms with Crippen LogP contribution in [0.25, 0.3) is 11.3 Å². The quantitative estimate of drug-likeness (QED) is 0.878. The lowest BCUT2D eigenvalue weighted by atomic mass is 10.1. The fraction of sp³-hybridized carbons (Fsp3) is 0.214. The molecule has 2 aromatic heterocycles. The fourth-order valence-electron chi connectivity index (χ4n) is 1.62. The van der Waals surface area contributed by atoms with Crippen LogP contribution < -0.4 is 10.6 Å². The van der Waals surface area contributed by atoms with Gasteiger partial charge in [0.25, 0.3) is 0 Å². The van der Waals surface area contributed by atoms with E-state index in [0.29, 0.717) is 13.1 Å². The molecule has 0 radical (unpaired) electrons. The van der Waals surface area contributed by atoms with E-state index in [4.69, 9.17) is 0 Å². The highest BCUT2D eigenvalue weighted by atomic mass is 16.2. The van der Waals surface area contributed by atoms with Crippen LogP contribution in [-0.4, -0.2) is 22.5 Å². The number of aromatic nitrogens is 2. The summed E-state index contributed by atoms with van der Waals surface area (Å²) >= 11 is 0. The summed E-state index contributed by atoms with van der Waals surface area (Å²) in [6.45, 7) is 2.96. The van der Waals surface area contributed by atoms with Gasteiger partial charge in [0.15, 0.2) is 0 Å². The van der Waals surface area contributed by atoms with Crippen molar-refractivity contribution in [3.63, 3.8) is 0 Å². The van der Waals surface area contributed by atoms with Gasteiger partial charge in [0.05, 0.1) is 5.69 Å². The molecule has 5 nitrogen and oxygen atoms in total. The minimum absolute atomic E-state index is 0.168. The van der Waals surface area contributed by atoms with E-state index >= 15 is 0 Å². The summed E-state index contributed by atoms with van der Waals surface area (Å²) in [7, 11) is 0. The second kappa shape index (κ2) is 6.49. The summed E-state index contributed by atoms with van der Waals surface area (Å²) in [5.41, 5.74) is 2.81. The predicted molar refractivity (Wildman–Crippen MR) is 73.4 cm³/mol. The molecular weight excluding hydrogens is 240 g/mol. The van der Waals surface area contributed by atoms with Crippen molar-refractivity contribution in [2.45, 2.75) is 13.5 Å². The van der Waals surface area contributed by atoms with E-state index in [0.717, 1.165) is 16.8 Å². The molecule has 98 valence electrons. The molecule has 0 aromatic carbocycles. The smallest absolute Gasteiger partial charge is 0.315 e. The van der Waals surface area contributed by atoms with Gasteiger partial charge in [-0.25, -0.2) is 4.79 Å². The molecule has 2 heterocycles. The van der Waals surface area contributed by atoms with Gasteiger partial charge >= 0.3 is 6.03 Å². The number of nitrogens with zero attached hydrogens (tertiary/aromatic N) is 2. The van der Waals surface area contributed by atoms with Crippen molar-refractivity contribution in [2.75, 3.05) is 6.54 Å². The zero-order valence-corrected chi connectivity index (χ0v) is 10.8. The number of pyridine rings is 2. The molecule has 0 unspecified atom stereocenters. The molecule has 5 heteroatoms. The Morgan fingerprint density at radius 1 is 1.21 bits per heavy atom. The van der Waals surface area contributed by atoms with Gasteiger partial charge in [-0.05, 0) is 30.7 Å². The maximum Gasteiger partial charge on any atom is 0.315 e. The van der Waals surface area contributed by atoms with Gasteiger partial charge in [-0.15, -0.1) is 0 Å². The lowest BCUT2D eigenvalue weighted by Gasteiger charge is -2.06. The van der Waals surface area contributed by atoms with Crippen molar-refractivity contribution in [2.24, 2.45) is 0 Å². The van der Waals surface area contributed by atoms with E-state index in [1.54, 1.807) is 18.6 Å². The van der Waals surface area contributed by atoms with Crippen LogP contribution in [0, 0.1) is 0 Å². The molecule has 2 rings (SSSR count). The molecule has 2 aromatic rings. The van der Waals surface area contributed by atoms with Crippen LogP contribution in [0.2, 0.25) is 0 Å². The van der Waals surface area contributed by atoms with Gasteiger partial charge in [-0.1, -0.05) is 6.07 Å². The van der Waals surface area contributed by atoms with Crippen LogP contribution in [-0.2, 0) is 6.54 Å². The lowest BCUT2D eigenvalue weighted by Crippen LogP contribution is -2.34. The second-order valence-corrected chi connectivity index (χ2v) is 4.01. The monoisotopic (exact) mass is 256 g/mol. The number of hydrogen-bond acceptors (Lipinski definition) is 3. The van der Waals surface area contributed by atoms with Crippen molar-refractivity contribution in [3.8, 4) is 11.3 Å². The van der Waals surface area contributed by atoms with Gasteiger partial charge < -0.3 is 10.6 Å². The predicted octanol–water partition coefficient (Wildman–Crippen LogP) is 1.96. The average Bonchev–Trinajstić information content (AvgIpc) is 2.47. The Hall–Kier alpha value is -2.43. The highest BCUT2D eigenvalue weighted by molar-refractivity contribution is 5.73. The molecular formula is C14H16N4O. The van der Waals surface area contributed by atoms with Crippen molar-refractivity contribution in [1.82, 2.24) is 20.6 Å². The Labute approximate surface area is 112 Å². The number of carbonyl (C=O) groups is 1. The highest BCUT2D eigenvalue weighted by Crippen LogP contribution is 2.14. The minimum atomic E-state index is -0.168. The van der Waals surface area contributed by atoms with Crippen LogP contribution in [0.1, 0.15) is 12.5 Å². The van der Waals surface area contributed by atoms with E-state index in [1.165, 1.54) is 0 Å². The zero-order valence-electron chi connectivity index (χ0n) is 10.8. The molecule has 0 fully saturated rings. The van der Waals surface area contributed by atoms with Crippen LogP contribution in [0.15, 0.2) is 42.9 Å². The molecule has 19 heavy (non-hydrogen) atoms. The van der Waals surface area contributed by atoms with Crippen molar-refractivity contribution in [1.29, 1.82) is 0 Å². The molecule has 2 N–H and O–H groups in total. The van der Waals surface area contributed by atoms with Crippen molar-refractivity contribution < 1.29 is 4.79 Å². The molecule has 2 amide bonds. The maximum atomic E-state index is 11.3. The Balaban J connectivity index is 1.97. The van der Waals surface area contributed by atoms with E-state index in [-0.39, 0.29) is 6.03 Å². The van der Waals surface area contributed by atoms with E-state index in [9.17, 15) is 4.79 Å². The van der Waals surface area contributed by atoms with Gasteiger partial charge in [0.1, 0.15) is 0 Å². The van der Waals surface area contributed by atoms with E-state index in [2.05, 4.69) is 20.6 Å². The Morgan fingerprint density at radius 2 is 2.11 bits per heavy atom. The standard InChI is InChI=1S/C14H16N4O/c1-2-16-14(19)18-9-11-5-6-13(17-8-11)12-4-3-7-15-10-12/h3-8,10H,2,9H2,1H3,(H2,16,18,19). The first-order chi connectivity index (χ1) is 9.29. The zero-order chi connectivity index (χ0) is 13.5.